The molecule has 1 aromatic carbocycles. The maximum absolute atomic E-state index is 12.5. The van der Waals surface area contributed by atoms with Crippen LogP contribution in [0.2, 0.25) is 0 Å². The predicted octanol–water partition coefficient (Wildman–Crippen LogP) is 2.27. The Labute approximate surface area is 161 Å². The van der Waals surface area contributed by atoms with Gasteiger partial charge in [-0.15, -0.1) is 0 Å². The van der Waals surface area contributed by atoms with Crippen LogP contribution in [0.1, 0.15) is 37.4 Å². The number of aryl methyl sites for hydroxylation is 1. The van der Waals surface area contributed by atoms with Gasteiger partial charge in [0.1, 0.15) is 0 Å². The lowest BCUT2D eigenvalue weighted by Crippen LogP contribution is -2.36. The molecular weight excluding hydrogens is 362 g/mol. The summed E-state index contributed by atoms with van der Waals surface area (Å²) >= 11 is 0. The van der Waals surface area contributed by atoms with Crippen LogP contribution in [0.3, 0.4) is 0 Å². The van der Waals surface area contributed by atoms with Gasteiger partial charge < -0.3 is 9.67 Å². The highest BCUT2D eigenvalue weighted by atomic mass is 32.2. The summed E-state index contributed by atoms with van der Waals surface area (Å²) in [5, 5.41) is 9.88. The molecule has 3 rings (SSSR count). The zero-order chi connectivity index (χ0) is 19.3. The van der Waals surface area contributed by atoms with Gasteiger partial charge in [0.25, 0.3) is 0 Å². The Hall–Kier alpha value is -1.70. The van der Waals surface area contributed by atoms with E-state index in [1.807, 2.05) is 22.8 Å². The van der Waals surface area contributed by atoms with Crippen LogP contribution in [0.15, 0.2) is 41.7 Å². The van der Waals surface area contributed by atoms with E-state index >= 15 is 0 Å². The summed E-state index contributed by atoms with van der Waals surface area (Å²) in [5.74, 6) is 0.0536. The second-order valence-corrected chi connectivity index (χ2v) is 9.36. The van der Waals surface area contributed by atoms with E-state index in [-0.39, 0.29) is 17.0 Å². The first-order valence-electron chi connectivity index (χ1n) is 9.71. The first kappa shape index (κ1) is 20.0. The minimum Gasteiger partial charge on any atom is -0.393 e. The highest BCUT2D eigenvalue weighted by Gasteiger charge is 2.24. The fourth-order valence-electron chi connectivity index (χ4n) is 3.53. The van der Waals surface area contributed by atoms with Crippen LogP contribution in [-0.4, -0.2) is 52.9 Å². The van der Waals surface area contributed by atoms with E-state index in [0.717, 1.165) is 44.5 Å². The van der Waals surface area contributed by atoms with E-state index in [1.165, 1.54) is 5.56 Å². The number of aromatic nitrogens is 2. The smallest absolute Gasteiger partial charge is 0.227 e. The number of likely N-dealkylation sites (tertiary alicyclic amines) is 1. The molecule has 0 spiro atoms. The summed E-state index contributed by atoms with van der Waals surface area (Å²) in [6.07, 6.45) is 4.78. The van der Waals surface area contributed by atoms with Crippen molar-refractivity contribution in [3.63, 3.8) is 0 Å². The minimum atomic E-state index is -3.36. The number of aliphatic hydroxyl groups excluding tert-OH is 1. The van der Waals surface area contributed by atoms with Gasteiger partial charge in [-0.1, -0.05) is 37.3 Å². The maximum atomic E-state index is 12.5. The third-order valence-electron chi connectivity index (χ3n) is 5.19. The molecule has 0 radical (unpaired) electrons. The number of rotatable bonds is 8. The number of benzene rings is 1. The largest absolute Gasteiger partial charge is 0.393 e. The standard InChI is InChI=1S/C20H29N3O3S/c1-2-27(25,26)20-21-15-18(16-22-13-10-19(24)11-14-22)23(20)12-6-9-17-7-4-3-5-8-17/h3-5,7-8,15,19,24H,2,6,9-14,16H2,1H3. The summed E-state index contributed by atoms with van der Waals surface area (Å²) in [4.78, 5) is 6.53. The van der Waals surface area contributed by atoms with Gasteiger partial charge in [-0.25, -0.2) is 13.4 Å². The Morgan fingerprint density at radius 3 is 2.56 bits per heavy atom. The number of aliphatic hydroxyl groups is 1. The van der Waals surface area contributed by atoms with E-state index < -0.39 is 9.84 Å². The molecule has 2 heterocycles. The van der Waals surface area contributed by atoms with Gasteiger partial charge in [0.15, 0.2) is 0 Å². The highest BCUT2D eigenvalue weighted by molar-refractivity contribution is 7.91. The van der Waals surface area contributed by atoms with Crippen molar-refractivity contribution in [1.29, 1.82) is 0 Å². The molecule has 1 fully saturated rings. The molecule has 2 aromatic rings. The molecule has 0 aliphatic carbocycles. The van der Waals surface area contributed by atoms with Crippen LogP contribution in [-0.2, 0) is 29.3 Å². The van der Waals surface area contributed by atoms with Crippen molar-refractivity contribution in [2.24, 2.45) is 0 Å². The molecule has 1 aliphatic rings. The molecule has 7 heteroatoms. The number of imidazole rings is 1. The molecule has 0 saturated carbocycles. The molecule has 1 N–H and O–H groups in total. The Morgan fingerprint density at radius 2 is 1.89 bits per heavy atom. The highest BCUT2D eigenvalue weighted by Crippen LogP contribution is 2.19. The molecule has 0 atom stereocenters. The van der Waals surface area contributed by atoms with Crippen LogP contribution >= 0.6 is 0 Å². The number of hydrogen-bond acceptors (Lipinski definition) is 5. The van der Waals surface area contributed by atoms with Gasteiger partial charge in [-0.3, -0.25) is 4.90 Å². The van der Waals surface area contributed by atoms with Crippen molar-refractivity contribution in [2.75, 3.05) is 18.8 Å². The maximum Gasteiger partial charge on any atom is 0.227 e. The summed E-state index contributed by atoms with van der Waals surface area (Å²) in [7, 11) is -3.36. The first-order chi connectivity index (χ1) is 13.0. The quantitative estimate of drug-likeness (QED) is 0.747. The van der Waals surface area contributed by atoms with Crippen LogP contribution in [0.25, 0.3) is 0 Å². The molecule has 0 amide bonds. The van der Waals surface area contributed by atoms with Crippen molar-refractivity contribution >= 4 is 9.84 Å². The van der Waals surface area contributed by atoms with Crippen molar-refractivity contribution < 1.29 is 13.5 Å². The Balaban J connectivity index is 1.74. The van der Waals surface area contributed by atoms with E-state index in [4.69, 9.17) is 0 Å². The fourth-order valence-corrected chi connectivity index (χ4v) is 4.54. The van der Waals surface area contributed by atoms with Gasteiger partial charge in [0, 0.05) is 26.2 Å². The monoisotopic (exact) mass is 391 g/mol. The molecule has 0 bridgehead atoms. The average Bonchev–Trinajstić information content (AvgIpc) is 3.08. The zero-order valence-electron chi connectivity index (χ0n) is 15.9. The van der Waals surface area contributed by atoms with E-state index in [9.17, 15) is 13.5 Å². The zero-order valence-corrected chi connectivity index (χ0v) is 16.7. The minimum absolute atomic E-state index is 0.0536. The Morgan fingerprint density at radius 1 is 1.19 bits per heavy atom. The molecule has 6 nitrogen and oxygen atoms in total. The first-order valence-corrected chi connectivity index (χ1v) is 11.4. The van der Waals surface area contributed by atoms with Crippen LogP contribution < -0.4 is 0 Å². The number of hydrogen-bond donors (Lipinski definition) is 1. The number of piperidine rings is 1. The van der Waals surface area contributed by atoms with Crippen LogP contribution in [0.4, 0.5) is 0 Å². The van der Waals surface area contributed by atoms with Crippen molar-refractivity contribution in [1.82, 2.24) is 14.5 Å². The van der Waals surface area contributed by atoms with Gasteiger partial charge in [0.2, 0.25) is 15.0 Å². The number of nitrogens with zero attached hydrogens (tertiary/aromatic N) is 3. The second-order valence-electron chi connectivity index (χ2n) is 7.18. The van der Waals surface area contributed by atoms with Gasteiger partial charge in [-0.05, 0) is 31.2 Å². The molecule has 1 aromatic heterocycles. The van der Waals surface area contributed by atoms with Crippen LogP contribution in [0.5, 0.6) is 0 Å². The van der Waals surface area contributed by atoms with Gasteiger partial charge >= 0.3 is 0 Å². The third-order valence-corrected chi connectivity index (χ3v) is 6.83. The van der Waals surface area contributed by atoms with Crippen molar-refractivity contribution in [3.05, 3.63) is 47.8 Å². The van der Waals surface area contributed by atoms with Gasteiger partial charge in [0.05, 0.1) is 23.7 Å². The molecule has 0 unspecified atom stereocenters. The third kappa shape index (κ3) is 5.18. The molecular formula is C20H29N3O3S. The summed E-state index contributed by atoms with van der Waals surface area (Å²) < 4.78 is 26.8. The van der Waals surface area contributed by atoms with Gasteiger partial charge in [-0.2, -0.15) is 0 Å². The van der Waals surface area contributed by atoms with E-state index in [2.05, 4.69) is 22.0 Å². The molecule has 27 heavy (non-hydrogen) atoms. The van der Waals surface area contributed by atoms with Crippen LogP contribution in [0, 0.1) is 0 Å². The summed E-state index contributed by atoms with van der Waals surface area (Å²) in [6, 6.07) is 10.2. The average molecular weight is 392 g/mol. The topological polar surface area (TPSA) is 75.4 Å². The molecule has 1 saturated heterocycles. The summed E-state index contributed by atoms with van der Waals surface area (Å²) in [5.41, 5.74) is 2.19. The van der Waals surface area contributed by atoms with Crippen molar-refractivity contribution in [3.8, 4) is 0 Å². The Bertz CT molecular complexity index is 825. The number of sulfone groups is 1. The predicted molar refractivity (Wildman–Crippen MR) is 105 cm³/mol. The summed E-state index contributed by atoms with van der Waals surface area (Å²) in [6.45, 7) is 4.61. The normalized spacial score (nSPS) is 16.7. The molecule has 1 aliphatic heterocycles. The lowest BCUT2D eigenvalue weighted by Gasteiger charge is -2.29. The Kier molecular flexibility index (Phi) is 6.68. The second kappa shape index (κ2) is 8.99. The van der Waals surface area contributed by atoms with E-state index in [1.54, 1.807) is 13.1 Å². The lowest BCUT2D eigenvalue weighted by molar-refractivity contribution is 0.0780. The van der Waals surface area contributed by atoms with Crippen molar-refractivity contribution in [2.45, 2.75) is 57.0 Å². The van der Waals surface area contributed by atoms with E-state index in [0.29, 0.717) is 13.1 Å². The SMILES string of the molecule is CCS(=O)(=O)c1ncc(CN2CCC(O)CC2)n1CCCc1ccccc1. The fraction of sp³-hybridized carbons (Fsp3) is 0.550. The molecule has 148 valence electrons. The lowest BCUT2D eigenvalue weighted by atomic mass is 10.1.